The monoisotopic (exact) mass is 347 g/mol. The van der Waals surface area contributed by atoms with Crippen LogP contribution in [0.1, 0.15) is 41.0 Å². The molecule has 2 aliphatic heterocycles. The SMILES string of the molecule is CC(=O)O[C@@H](C)[C@@H](/C=C1/C=C(C)C2=NCC[C@@H]3O[C@@]213)OC(=O)C(C)C. The molecule has 136 valence electrons. The number of hydrogen-bond acceptors (Lipinski definition) is 6. The topological polar surface area (TPSA) is 77.5 Å². The van der Waals surface area contributed by atoms with Crippen molar-refractivity contribution in [1.29, 1.82) is 0 Å². The molecule has 0 aromatic carbocycles. The molecule has 1 saturated heterocycles. The molecular formula is C19H25NO5. The minimum absolute atomic E-state index is 0.130. The molecule has 0 N–H and O–H groups in total. The molecule has 1 spiro atoms. The molecule has 6 nitrogen and oxygen atoms in total. The van der Waals surface area contributed by atoms with Crippen LogP contribution in [0.25, 0.3) is 0 Å². The maximum Gasteiger partial charge on any atom is 0.309 e. The molecule has 0 radical (unpaired) electrons. The fraction of sp³-hybridized carbons (Fsp3) is 0.632. The summed E-state index contributed by atoms with van der Waals surface area (Å²) in [5.74, 6) is -1.00. The van der Waals surface area contributed by atoms with Gasteiger partial charge in [-0.25, -0.2) is 0 Å². The van der Waals surface area contributed by atoms with Gasteiger partial charge in [-0.05, 0) is 37.5 Å². The molecule has 0 aromatic heterocycles. The zero-order valence-electron chi connectivity index (χ0n) is 15.4. The maximum absolute atomic E-state index is 12.1. The quantitative estimate of drug-likeness (QED) is 0.564. The van der Waals surface area contributed by atoms with Crippen molar-refractivity contribution in [2.24, 2.45) is 10.9 Å². The van der Waals surface area contributed by atoms with E-state index < -0.39 is 23.8 Å². The zero-order chi connectivity index (χ0) is 18.4. The summed E-state index contributed by atoms with van der Waals surface area (Å²) >= 11 is 0. The van der Waals surface area contributed by atoms with E-state index in [0.717, 1.165) is 29.8 Å². The van der Waals surface area contributed by atoms with Crippen LogP contribution < -0.4 is 0 Å². The van der Waals surface area contributed by atoms with E-state index in [2.05, 4.69) is 4.99 Å². The van der Waals surface area contributed by atoms with E-state index in [1.807, 2.05) is 19.1 Å². The molecule has 2 heterocycles. The molecule has 1 fully saturated rings. The first kappa shape index (κ1) is 17.9. The Morgan fingerprint density at radius 1 is 1.36 bits per heavy atom. The van der Waals surface area contributed by atoms with Crippen molar-refractivity contribution < 1.29 is 23.8 Å². The van der Waals surface area contributed by atoms with Crippen LogP contribution in [-0.2, 0) is 23.8 Å². The van der Waals surface area contributed by atoms with E-state index >= 15 is 0 Å². The molecule has 6 heteroatoms. The average Bonchev–Trinajstić information content (AvgIpc) is 3.21. The first-order valence-electron chi connectivity index (χ1n) is 8.77. The van der Waals surface area contributed by atoms with Crippen LogP contribution in [0.5, 0.6) is 0 Å². The highest BCUT2D eigenvalue weighted by atomic mass is 16.6. The predicted octanol–water partition coefficient (Wildman–Crippen LogP) is 2.37. The van der Waals surface area contributed by atoms with Gasteiger partial charge in [-0.2, -0.15) is 0 Å². The van der Waals surface area contributed by atoms with Crippen LogP contribution >= 0.6 is 0 Å². The number of rotatable bonds is 5. The second-order valence-electron chi connectivity index (χ2n) is 7.18. The normalized spacial score (nSPS) is 30.8. The third-order valence-electron chi connectivity index (χ3n) is 4.79. The van der Waals surface area contributed by atoms with Gasteiger partial charge in [0.05, 0.1) is 11.6 Å². The van der Waals surface area contributed by atoms with Gasteiger partial charge in [-0.1, -0.05) is 19.9 Å². The molecule has 4 atom stereocenters. The van der Waals surface area contributed by atoms with Crippen LogP contribution in [0, 0.1) is 5.92 Å². The van der Waals surface area contributed by atoms with Crippen molar-refractivity contribution in [3.63, 3.8) is 0 Å². The molecular weight excluding hydrogens is 322 g/mol. The Morgan fingerprint density at radius 3 is 2.72 bits per heavy atom. The lowest BCUT2D eigenvalue weighted by molar-refractivity contribution is -0.164. The molecule has 0 amide bonds. The van der Waals surface area contributed by atoms with Crippen molar-refractivity contribution in [2.45, 2.75) is 65.0 Å². The van der Waals surface area contributed by atoms with Gasteiger partial charge in [0.1, 0.15) is 12.2 Å². The number of carbonyl (C=O) groups is 2. The molecule has 0 saturated carbocycles. The van der Waals surface area contributed by atoms with Crippen molar-refractivity contribution in [3.8, 4) is 0 Å². The summed E-state index contributed by atoms with van der Waals surface area (Å²) < 4.78 is 16.8. The fourth-order valence-electron chi connectivity index (χ4n) is 3.50. The smallest absolute Gasteiger partial charge is 0.309 e. The highest BCUT2D eigenvalue weighted by Crippen LogP contribution is 2.54. The van der Waals surface area contributed by atoms with Gasteiger partial charge < -0.3 is 14.2 Å². The van der Waals surface area contributed by atoms with E-state index in [1.165, 1.54) is 6.92 Å². The molecule has 25 heavy (non-hydrogen) atoms. The van der Waals surface area contributed by atoms with Gasteiger partial charge >= 0.3 is 11.9 Å². The van der Waals surface area contributed by atoms with E-state index in [9.17, 15) is 9.59 Å². The van der Waals surface area contributed by atoms with Crippen molar-refractivity contribution in [1.82, 2.24) is 0 Å². The van der Waals surface area contributed by atoms with Crippen LogP contribution in [-0.4, -0.2) is 48.1 Å². The second kappa shape index (κ2) is 6.41. The molecule has 3 aliphatic rings. The number of aliphatic imine (C=N–C) groups is 1. The molecule has 0 bridgehead atoms. The number of ether oxygens (including phenoxy) is 3. The summed E-state index contributed by atoms with van der Waals surface area (Å²) in [5.41, 5.74) is 2.50. The van der Waals surface area contributed by atoms with Gasteiger partial charge in [0.2, 0.25) is 0 Å². The minimum atomic E-state index is -0.668. The second-order valence-corrected chi connectivity index (χ2v) is 7.18. The first-order chi connectivity index (χ1) is 11.8. The van der Waals surface area contributed by atoms with Crippen molar-refractivity contribution >= 4 is 17.7 Å². The lowest BCUT2D eigenvalue weighted by Crippen LogP contribution is -2.35. The van der Waals surface area contributed by atoms with E-state index in [-0.39, 0.29) is 18.0 Å². The predicted molar refractivity (Wildman–Crippen MR) is 92.3 cm³/mol. The van der Waals surface area contributed by atoms with Crippen LogP contribution in [0.3, 0.4) is 0 Å². The van der Waals surface area contributed by atoms with Crippen molar-refractivity contribution in [3.05, 3.63) is 23.3 Å². The minimum Gasteiger partial charge on any atom is -0.459 e. The van der Waals surface area contributed by atoms with E-state index in [0.29, 0.717) is 0 Å². The van der Waals surface area contributed by atoms with Gasteiger partial charge in [0.25, 0.3) is 0 Å². The van der Waals surface area contributed by atoms with Gasteiger partial charge in [0, 0.05) is 13.5 Å². The third kappa shape index (κ3) is 3.15. The van der Waals surface area contributed by atoms with Crippen molar-refractivity contribution in [2.75, 3.05) is 6.54 Å². The lowest BCUT2D eigenvalue weighted by atomic mass is 9.90. The average molecular weight is 347 g/mol. The Bertz CT molecular complexity index is 690. The summed E-state index contributed by atoms with van der Waals surface area (Å²) in [6.07, 6.45) is 3.65. The Hall–Kier alpha value is -1.95. The van der Waals surface area contributed by atoms with Gasteiger partial charge in [-0.3, -0.25) is 14.6 Å². The summed E-state index contributed by atoms with van der Waals surface area (Å²) in [6, 6.07) is 0. The number of carbonyl (C=O) groups excluding carboxylic acids is 2. The molecule has 0 aromatic rings. The van der Waals surface area contributed by atoms with Crippen LogP contribution in [0.4, 0.5) is 0 Å². The highest BCUT2D eigenvalue weighted by Gasteiger charge is 2.65. The standard InChI is InChI=1S/C19H25NO5/c1-10(2)18(22)24-15(12(4)23-13(5)21)9-14-8-11(3)17-19(14)16(25-19)6-7-20-17/h8-10,12,15-16H,6-7H2,1-5H3/b14-9-/t12-,15+,16-,19-/m0/s1. The zero-order valence-corrected chi connectivity index (χ0v) is 15.4. The summed E-state index contributed by atoms with van der Waals surface area (Å²) in [4.78, 5) is 28.0. The highest BCUT2D eigenvalue weighted by molar-refractivity contribution is 6.15. The largest absolute Gasteiger partial charge is 0.459 e. The molecule has 3 rings (SSSR count). The lowest BCUT2D eigenvalue weighted by Gasteiger charge is -2.23. The Labute approximate surface area is 147 Å². The maximum atomic E-state index is 12.1. The number of hydrogen-bond donors (Lipinski definition) is 0. The fourth-order valence-corrected chi connectivity index (χ4v) is 3.50. The van der Waals surface area contributed by atoms with E-state index in [1.54, 1.807) is 20.8 Å². The van der Waals surface area contributed by atoms with E-state index in [4.69, 9.17) is 14.2 Å². The summed E-state index contributed by atoms with van der Waals surface area (Å²) in [6.45, 7) is 9.39. The molecule has 0 unspecified atom stereocenters. The molecule has 1 aliphatic carbocycles. The summed E-state index contributed by atoms with van der Waals surface area (Å²) in [7, 11) is 0. The van der Waals surface area contributed by atoms with Gasteiger partial charge in [0.15, 0.2) is 11.7 Å². The van der Waals surface area contributed by atoms with Gasteiger partial charge in [-0.15, -0.1) is 0 Å². The Kier molecular flexibility index (Phi) is 4.58. The Morgan fingerprint density at radius 2 is 2.08 bits per heavy atom. The number of epoxide rings is 1. The van der Waals surface area contributed by atoms with Crippen LogP contribution in [0.15, 0.2) is 28.3 Å². The third-order valence-corrected chi connectivity index (χ3v) is 4.79. The number of nitrogens with zero attached hydrogens (tertiary/aromatic N) is 1. The summed E-state index contributed by atoms with van der Waals surface area (Å²) in [5, 5.41) is 0. The van der Waals surface area contributed by atoms with Crippen LogP contribution in [0.2, 0.25) is 0 Å². The number of esters is 2. The first-order valence-corrected chi connectivity index (χ1v) is 8.77. The Balaban J connectivity index is 1.90.